The van der Waals surface area contributed by atoms with Gasteiger partial charge in [0.15, 0.2) is 11.6 Å². The van der Waals surface area contributed by atoms with Crippen molar-refractivity contribution in [1.29, 1.82) is 0 Å². The molecule has 0 unspecified atom stereocenters. The largest absolute Gasteiger partial charge is 0.455 e. The zero-order chi connectivity index (χ0) is 28.5. The summed E-state index contributed by atoms with van der Waals surface area (Å²) in [5.74, 6) is 1.03. The van der Waals surface area contributed by atoms with Crippen LogP contribution >= 0.6 is 11.6 Å². The first-order chi connectivity index (χ1) is 21.2. The quantitative estimate of drug-likeness (QED) is 0.211. The van der Waals surface area contributed by atoms with Crippen molar-refractivity contribution in [1.82, 2.24) is 19.5 Å². The van der Waals surface area contributed by atoms with Gasteiger partial charge in [-0.3, -0.25) is 0 Å². The molecule has 202 valence electrons. The highest BCUT2D eigenvalue weighted by molar-refractivity contribution is 6.32. The number of halogens is 1. The number of para-hydroxylation sites is 3. The Morgan fingerprint density at radius 1 is 0.535 bits per heavy atom. The topological polar surface area (TPSA) is 56.7 Å². The highest BCUT2D eigenvalue weighted by Gasteiger charge is 2.23. The van der Waals surface area contributed by atoms with Gasteiger partial charge in [-0.15, -0.1) is 0 Å². The molecule has 5 nitrogen and oxygen atoms in total. The zero-order valence-corrected chi connectivity index (χ0v) is 23.5. The van der Waals surface area contributed by atoms with Gasteiger partial charge >= 0.3 is 0 Å². The van der Waals surface area contributed by atoms with Gasteiger partial charge in [0, 0.05) is 43.7 Å². The minimum Gasteiger partial charge on any atom is -0.455 e. The number of rotatable bonds is 3. The summed E-state index contributed by atoms with van der Waals surface area (Å²) in [7, 11) is 0. The van der Waals surface area contributed by atoms with Crippen molar-refractivity contribution in [3.63, 3.8) is 0 Å². The Morgan fingerprint density at radius 2 is 1.21 bits per heavy atom. The minimum atomic E-state index is 0.144. The zero-order valence-electron chi connectivity index (χ0n) is 22.7. The highest BCUT2D eigenvalue weighted by Crippen LogP contribution is 2.45. The summed E-state index contributed by atoms with van der Waals surface area (Å²) in [6.07, 6.45) is 0. The van der Waals surface area contributed by atoms with Crippen LogP contribution in [0.5, 0.6) is 0 Å². The molecule has 0 bridgehead atoms. The molecule has 0 saturated heterocycles. The minimum absolute atomic E-state index is 0.144. The van der Waals surface area contributed by atoms with Crippen LogP contribution in [0.15, 0.2) is 132 Å². The van der Waals surface area contributed by atoms with Gasteiger partial charge in [0.05, 0.1) is 11.0 Å². The Hall–Kier alpha value is -5.52. The lowest BCUT2D eigenvalue weighted by molar-refractivity contribution is 0.673. The summed E-state index contributed by atoms with van der Waals surface area (Å²) in [6, 6.07) is 43.4. The molecular weight excluding hydrogens is 552 g/mol. The first-order valence-corrected chi connectivity index (χ1v) is 14.5. The van der Waals surface area contributed by atoms with Crippen LogP contribution in [0.1, 0.15) is 0 Å². The maximum atomic E-state index is 6.66. The van der Waals surface area contributed by atoms with E-state index < -0.39 is 0 Å². The smallest absolute Gasteiger partial charge is 0.226 e. The van der Waals surface area contributed by atoms with E-state index in [0.29, 0.717) is 11.6 Å². The van der Waals surface area contributed by atoms with E-state index in [4.69, 9.17) is 21.0 Å². The third kappa shape index (κ3) is 3.62. The van der Waals surface area contributed by atoms with Crippen LogP contribution in [0.2, 0.25) is 5.28 Å². The molecule has 9 rings (SSSR count). The summed E-state index contributed by atoms with van der Waals surface area (Å²) >= 11 is 6.57. The third-order valence-electron chi connectivity index (χ3n) is 8.17. The number of nitrogens with zero attached hydrogens (tertiary/aromatic N) is 4. The van der Waals surface area contributed by atoms with Crippen LogP contribution < -0.4 is 0 Å². The first-order valence-electron chi connectivity index (χ1n) is 14.1. The summed E-state index contributed by atoms with van der Waals surface area (Å²) in [6.45, 7) is 0. The van der Waals surface area contributed by atoms with Crippen molar-refractivity contribution in [3.8, 4) is 28.5 Å². The molecule has 3 aromatic heterocycles. The van der Waals surface area contributed by atoms with E-state index in [1.54, 1.807) is 0 Å². The molecule has 9 aromatic rings. The molecule has 6 heteroatoms. The normalized spacial score (nSPS) is 11.8. The molecule has 0 saturated carbocycles. The number of hydrogen-bond donors (Lipinski definition) is 0. The van der Waals surface area contributed by atoms with Gasteiger partial charge in [0.25, 0.3) is 0 Å². The van der Waals surface area contributed by atoms with E-state index in [9.17, 15) is 0 Å². The van der Waals surface area contributed by atoms with E-state index in [1.165, 1.54) is 0 Å². The number of benzene rings is 6. The first kappa shape index (κ1) is 24.1. The second kappa shape index (κ2) is 9.24. The summed E-state index contributed by atoms with van der Waals surface area (Å²) in [4.78, 5) is 14.1. The SMILES string of the molecule is Clc1nc(-c2ccccc2)nc(-c2cc3c(c4ccccc4n3-c3ccccc3)c3c2ccc2c4ccccc4oc23)n1. The van der Waals surface area contributed by atoms with E-state index in [0.717, 1.165) is 71.3 Å². The number of furan rings is 1. The van der Waals surface area contributed by atoms with Crippen molar-refractivity contribution in [2.75, 3.05) is 0 Å². The fourth-order valence-electron chi connectivity index (χ4n) is 6.36. The number of aromatic nitrogens is 4. The fourth-order valence-corrected chi connectivity index (χ4v) is 6.52. The Morgan fingerprint density at radius 3 is 2.05 bits per heavy atom. The van der Waals surface area contributed by atoms with Gasteiger partial charge in [-0.2, -0.15) is 9.97 Å². The van der Waals surface area contributed by atoms with Gasteiger partial charge in [0.1, 0.15) is 11.2 Å². The average Bonchev–Trinajstić information content (AvgIpc) is 3.61. The molecule has 3 heterocycles. The summed E-state index contributed by atoms with van der Waals surface area (Å²) in [5, 5.41) is 6.55. The van der Waals surface area contributed by atoms with Crippen LogP contribution in [0.4, 0.5) is 0 Å². The molecule has 43 heavy (non-hydrogen) atoms. The van der Waals surface area contributed by atoms with Gasteiger partial charge < -0.3 is 8.98 Å². The van der Waals surface area contributed by atoms with Crippen LogP contribution in [-0.4, -0.2) is 19.5 Å². The van der Waals surface area contributed by atoms with Gasteiger partial charge in [0.2, 0.25) is 5.28 Å². The molecule has 0 aliphatic heterocycles. The van der Waals surface area contributed by atoms with Gasteiger partial charge in [-0.05, 0) is 53.4 Å². The second-order valence-electron chi connectivity index (χ2n) is 10.6. The summed E-state index contributed by atoms with van der Waals surface area (Å²) < 4.78 is 8.96. The molecule has 0 amide bonds. The number of hydrogen-bond acceptors (Lipinski definition) is 4. The third-order valence-corrected chi connectivity index (χ3v) is 8.34. The molecule has 0 aliphatic carbocycles. The van der Waals surface area contributed by atoms with E-state index in [-0.39, 0.29) is 5.28 Å². The lowest BCUT2D eigenvalue weighted by atomic mass is 9.96. The standard InChI is InChI=1S/C37H21ClN4O/c38-37-40-35(22-11-3-1-4-12-22)39-36(41-37)28-21-30-32(27-16-7-9-17-29(27)42(30)23-13-5-2-6-14-23)33-25(28)19-20-26-24-15-8-10-18-31(24)43-34(26)33/h1-21H. The molecule has 0 aliphatic rings. The molecule has 0 fully saturated rings. The van der Waals surface area contributed by atoms with Crippen LogP contribution in [-0.2, 0) is 0 Å². The van der Waals surface area contributed by atoms with Crippen LogP contribution in [0.3, 0.4) is 0 Å². The molecule has 0 atom stereocenters. The lowest BCUT2D eigenvalue weighted by Gasteiger charge is -2.12. The molecular formula is C37H21ClN4O. The van der Waals surface area contributed by atoms with Crippen LogP contribution in [0, 0.1) is 0 Å². The predicted molar refractivity (Wildman–Crippen MR) is 175 cm³/mol. The maximum Gasteiger partial charge on any atom is 0.226 e. The maximum absolute atomic E-state index is 6.66. The van der Waals surface area contributed by atoms with Gasteiger partial charge in [-0.25, -0.2) is 4.98 Å². The van der Waals surface area contributed by atoms with E-state index >= 15 is 0 Å². The van der Waals surface area contributed by atoms with Crippen molar-refractivity contribution < 1.29 is 4.42 Å². The predicted octanol–water partition coefficient (Wildman–Crippen LogP) is 10.0. The second-order valence-corrected chi connectivity index (χ2v) is 10.9. The lowest BCUT2D eigenvalue weighted by Crippen LogP contribution is -1.99. The molecule has 6 aromatic carbocycles. The molecule has 0 radical (unpaired) electrons. The fraction of sp³-hybridized carbons (Fsp3) is 0. The Labute approximate surface area is 250 Å². The molecule has 0 N–H and O–H groups in total. The average molecular weight is 573 g/mol. The Kier molecular flexibility index (Phi) is 5.18. The monoisotopic (exact) mass is 572 g/mol. The van der Waals surface area contributed by atoms with E-state index in [2.05, 4.69) is 87.3 Å². The highest BCUT2D eigenvalue weighted by atomic mass is 35.5. The van der Waals surface area contributed by atoms with Crippen molar-refractivity contribution in [3.05, 3.63) is 133 Å². The van der Waals surface area contributed by atoms with Gasteiger partial charge in [-0.1, -0.05) is 91.0 Å². The number of fused-ring (bicyclic) bond motifs is 9. The Bertz CT molecular complexity index is 2520. The Balaban J connectivity index is 1.50. The van der Waals surface area contributed by atoms with Crippen molar-refractivity contribution in [2.24, 2.45) is 0 Å². The summed E-state index contributed by atoms with van der Waals surface area (Å²) in [5.41, 5.74) is 6.61. The molecule has 0 spiro atoms. The van der Waals surface area contributed by atoms with Crippen LogP contribution in [0.25, 0.3) is 83.0 Å². The van der Waals surface area contributed by atoms with Crippen molar-refractivity contribution in [2.45, 2.75) is 0 Å². The van der Waals surface area contributed by atoms with Crippen molar-refractivity contribution >= 4 is 66.1 Å². The van der Waals surface area contributed by atoms with E-state index in [1.807, 2.05) is 54.6 Å².